The number of benzene rings is 1. The maximum absolute atomic E-state index is 14.0. The number of likely N-dealkylation sites (tertiary alicyclic amines) is 1. The van der Waals surface area contributed by atoms with E-state index in [-0.39, 0.29) is 18.4 Å². The van der Waals surface area contributed by atoms with Gasteiger partial charge >= 0.3 is 0 Å². The fraction of sp³-hybridized carbons (Fsp3) is 0.462. The minimum Gasteiger partial charge on any atom is -0.492 e. The smallest absolute Gasteiger partial charge is 0.255 e. The molecule has 3 aromatic rings. The van der Waals surface area contributed by atoms with Crippen molar-refractivity contribution in [3.63, 3.8) is 0 Å². The molecule has 10 heteroatoms. The minimum absolute atomic E-state index is 0.0168. The molecule has 5 rings (SSSR count). The number of aromatic amines is 1. The Hall–Kier alpha value is -3.53. The first-order valence-corrected chi connectivity index (χ1v) is 12.4. The van der Waals surface area contributed by atoms with Crippen LogP contribution >= 0.6 is 0 Å². The molecule has 1 saturated carbocycles. The third-order valence-electron chi connectivity index (χ3n) is 6.92. The van der Waals surface area contributed by atoms with Crippen LogP contribution in [0.1, 0.15) is 48.7 Å². The number of piperidine rings is 1. The molecule has 0 radical (unpaired) electrons. The van der Waals surface area contributed by atoms with Crippen molar-refractivity contribution in [1.29, 1.82) is 0 Å². The predicted molar refractivity (Wildman–Crippen MR) is 131 cm³/mol. The summed E-state index contributed by atoms with van der Waals surface area (Å²) in [6, 6.07) is 3.85. The molecule has 1 saturated heterocycles. The molecule has 9 nitrogen and oxygen atoms in total. The molecule has 2 atom stereocenters. The second kappa shape index (κ2) is 9.85. The average Bonchev–Trinajstić information content (AvgIpc) is 3.63. The summed E-state index contributed by atoms with van der Waals surface area (Å²) in [4.78, 5) is 38.9. The number of hydrogen-bond donors (Lipinski definition) is 3. The number of H-pyrrole nitrogens is 1. The van der Waals surface area contributed by atoms with Crippen LogP contribution in [-0.4, -0.2) is 68.6 Å². The van der Waals surface area contributed by atoms with E-state index < -0.39 is 18.0 Å². The maximum Gasteiger partial charge on any atom is 0.255 e. The number of halogens is 1. The molecule has 2 fully saturated rings. The lowest BCUT2D eigenvalue weighted by Gasteiger charge is -2.36. The first-order chi connectivity index (χ1) is 17.4. The number of ether oxygens (including phenoxy) is 1. The van der Waals surface area contributed by atoms with Gasteiger partial charge in [0.25, 0.3) is 5.91 Å². The first-order valence-electron chi connectivity index (χ1n) is 12.4. The number of nitrogens with one attached hydrogen (secondary N) is 2. The fourth-order valence-corrected chi connectivity index (χ4v) is 4.70. The molecule has 2 aromatic heterocycles. The van der Waals surface area contributed by atoms with Gasteiger partial charge < -0.3 is 25.0 Å². The number of amides is 2. The number of fused-ring (bicyclic) bond motifs is 1. The van der Waals surface area contributed by atoms with E-state index in [1.807, 2.05) is 0 Å². The molecular weight excluding hydrogens is 465 g/mol. The topological polar surface area (TPSA) is 120 Å². The highest BCUT2D eigenvalue weighted by atomic mass is 19.1. The Kier molecular flexibility index (Phi) is 6.61. The SMILES string of the molecule is CCC(=O)N1CCC(NC(=O)c2c(C)[nH]c3c(-c4ccc(F)cc4OCC4CC4)ncnc23)[C@@H](O)C1. The number of carbonyl (C=O) groups excluding carboxylic acids is 2. The largest absolute Gasteiger partial charge is 0.492 e. The number of aliphatic hydroxyl groups is 1. The third kappa shape index (κ3) is 4.77. The Morgan fingerprint density at radius 2 is 2.08 bits per heavy atom. The second-order valence-corrected chi connectivity index (χ2v) is 9.60. The number of hydrogen-bond acceptors (Lipinski definition) is 6. The van der Waals surface area contributed by atoms with Gasteiger partial charge in [0.2, 0.25) is 5.91 Å². The molecular formula is C26H30FN5O4. The van der Waals surface area contributed by atoms with Crippen LogP contribution in [0.4, 0.5) is 4.39 Å². The maximum atomic E-state index is 14.0. The molecule has 3 N–H and O–H groups in total. The summed E-state index contributed by atoms with van der Waals surface area (Å²) in [5.74, 6) is 0.111. The van der Waals surface area contributed by atoms with E-state index in [0.717, 1.165) is 12.8 Å². The monoisotopic (exact) mass is 495 g/mol. The highest BCUT2D eigenvalue weighted by molar-refractivity contribution is 6.09. The predicted octanol–water partition coefficient (Wildman–Crippen LogP) is 2.96. The number of aliphatic hydroxyl groups excluding tert-OH is 1. The van der Waals surface area contributed by atoms with Crippen molar-refractivity contribution in [1.82, 2.24) is 25.2 Å². The Morgan fingerprint density at radius 1 is 1.28 bits per heavy atom. The van der Waals surface area contributed by atoms with Crippen molar-refractivity contribution in [2.24, 2.45) is 5.92 Å². The van der Waals surface area contributed by atoms with E-state index in [1.54, 1.807) is 24.8 Å². The normalized spacial score (nSPS) is 19.9. The van der Waals surface area contributed by atoms with Gasteiger partial charge in [-0.05, 0) is 44.2 Å². The summed E-state index contributed by atoms with van der Waals surface area (Å²) in [6.45, 7) is 4.74. The summed E-state index contributed by atoms with van der Waals surface area (Å²) in [6.07, 6.45) is 3.57. The quantitative estimate of drug-likeness (QED) is 0.464. The van der Waals surface area contributed by atoms with E-state index in [0.29, 0.717) is 71.2 Å². The highest BCUT2D eigenvalue weighted by Gasteiger charge is 2.32. The molecule has 2 aliphatic rings. The Labute approximate surface area is 208 Å². The number of aromatic nitrogens is 3. The summed E-state index contributed by atoms with van der Waals surface area (Å²) in [5.41, 5.74) is 3.06. The third-order valence-corrected chi connectivity index (χ3v) is 6.92. The minimum atomic E-state index is -0.862. The Morgan fingerprint density at radius 3 is 2.81 bits per heavy atom. The molecule has 2 amide bonds. The van der Waals surface area contributed by atoms with Crippen LogP contribution in [0.2, 0.25) is 0 Å². The molecule has 36 heavy (non-hydrogen) atoms. The van der Waals surface area contributed by atoms with Gasteiger partial charge in [0.05, 0.1) is 29.8 Å². The lowest BCUT2D eigenvalue weighted by Crippen LogP contribution is -2.55. The van der Waals surface area contributed by atoms with Gasteiger partial charge in [-0.1, -0.05) is 6.92 Å². The standard InChI is InChI=1S/C26H30FN5O4/c1-3-21(34)32-9-8-18(19(33)11-32)31-26(35)22-14(2)30-25-23(28-13-29-24(22)25)17-7-6-16(27)10-20(17)36-12-15-4-5-15/h6-7,10,13,15,18-19,30,33H,3-5,8-9,11-12H2,1-2H3,(H,31,35)/t18?,19-/m0/s1. The van der Waals surface area contributed by atoms with Crippen molar-refractivity contribution in [3.8, 4) is 17.0 Å². The molecule has 0 bridgehead atoms. The Balaban J connectivity index is 1.42. The summed E-state index contributed by atoms with van der Waals surface area (Å²) >= 11 is 0. The fourth-order valence-electron chi connectivity index (χ4n) is 4.70. The van der Waals surface area contributed by atoms with Gasteiger partial charge in [-0.15, -0.1) is 0 Å². The average molecular weight is 496 g/mol. The zero-order valence-corrected chi connectivity index (χ0v) is 20.4. The summed E-state index contributed by atoms with van der Waals surface area (Å²) in [7, 11) is 0. The number of nitrogens with zero attached hydrogens (tertiary/aromatic N) is 3. The van der Waals surface area contributed by atoms with Gasteiger partial charge in [-0.25, -0.2) is 14.4 Å². The zero-order valence-electron chi connectivity index (χ0n) is 20.4. The van der Waals surface area contributed by atoms with Gasteiger partial charge in [0.1, 0.15) is 29.1 Å². The van der Waals surface area contributed by atoms with E-state index >= 15 is 0 Å². The lowest BCUT2D eigenvalue weighted by molar-refractivity contribution is -0.134. The van der Waals surface area contributed by atoms with Crippen LogP contribution in [0.5, 0.6) is 5.75 Å². The van der Waals surface area contributed by atoms with Gasteiger partial charge in [-0.2, -0.15) is 0 Å². The van der Waals surface area contributed by atoms with Crippen molar-refractivity contribution in [2.75, 3.05) is 19.7 Å². The zero-order chi connectivity index (χ0) is 25.4. The molecule has 0 spiro atoms. The molecule has 1 aliphatic heterocycles. The van der Waals surface area contributed by atoms with Crippen LogP contribution in [0, 0.1) is 18.7 Å². The van der Waals surface area contributed by atoms with Crippen molar-refractivity contribution in [2.45, 2.75) is 51.7 Å². The lowest BCUT2D eigenvalue weighted by atomic mass is 10.0. The summed E-state index contributed by atoms with van der Waals surface area (Å²) in [5, 5.41) is 13.5. The number of aryl methyl sites for hydroxylation is 1. The van der Waals surface area contributed by atoms with E-state index in [2.05, 4.69) is 20.3 Å². The van der Waals surface area contributed by atoms with Crippen molar-refractivity contribution < 1.29 is 23.8 Å². The number of rotatable bonds is 7. The van der Waals surface area contributed by atoms with Gasteiger partial charge in [-0.3, -0.25) is 9.59 Å². The number of carbonyl (C=O) groups is 2. The molecule has 1 aliphatic carbocycles. The molecule has 3 heterocycles. The second-order valence-electron chi connectivity index (χ2n) is 9.60. The summed E-state index contributed by atoms with van der Waals surface area (Å²) < 4.78 is 19.9. The molecule has 190 valence electrons. The van der Waals surface area contributed by atoms with Crippen molar-refractivity contribution >= 4 is 22.8 Å². The molecule has 1 unspecified atom stereocenters. The van der Waals surface area contributed by atoms with E-state index in [4.69, 9.17) is 4.74 Å². The number of β-amino-alcohol motifs (C(OH)–C–C–N with tert-alkyl or cyclic N) is 1. The van der Waals surface area contributed by atoms with Crippen LogP contribution in [0.15, 0.2) is 24.5 Å². The van der Waals surface area contributed by atoms with Crippen molar-refractivity contribution in [3.05, 3.63) is 41.6 Å². The molecule has 1 aromatic carbocycles. The van der Waals surface area contributed by atoms with Gasteiger partial charge in [0, 0.05) is 36.8 Å². The van der Waals surface area contributed by atoms with Crippen LogP contribution < -0.4 is 10.1 Å². The van der Waals surface area contributed by atoms with Gasteiger partial charge in [0.15, 0.2) is 0 Å². The highest BCUT2D eigenvalue weighted by Crippen LogP contribution is 2.36. The Bertz CT molecular complexity index is 1300. The van der Waals surface area contributed by atoms with Crippen LogP contribution in [-0.2, 0) is 4.79 Å². The van der Waals surface area contributed by atoms with E-state index in [1.165, 1.54) is 18.5 Å². The first kappa shape index (κ1) is 24.2. The van der Waals surface area contributed by atoms with Crippen LogP contribution in [0.3, 0.4) is 0 Å². The van der Waals surface area contributed by atoms with E-state index in [9.17, 15) is 19.1 Å². The van der Waals surface area contributed by atoms with Crippen LogP contribution in [0.25, 0.3) is 22.3 Å².